The summed E-state index contributed by atoms with van der Waals surface area (Å²) in [5, 5.41) is 8.65. The van der Waals surface area contributed by atoms with Gasteiger partial charge in [0, 0.05) is 10.5 Å². The zero-order valence-electron chi connectivity index (χ0n) is 11.8. The fraction of sp³-hybridized carbons (Fsp3) is 0.438. The van der Waals surface area contributed by atoms with Crippen molar-refractivity contribution in [3.8, 4) is 5.75 Å². The molecule has 110 valence electrons. The van der Waals surface area contributed by atoms with Crippen LogP contribution in [-0.4, -0.2) is 17.7 Å². The normalized spacial score (nSPS) is 10.9. The summed E-state index contributed by atoms with van der Waals surface area (Å²) in [4.78, 5) is 10.5. The van der Waals surface area contributed by atoms with Crippen molar-refractivity contribution < 1.29 is 14.6 Å². The molecule has 0 spiro atoms. The zero-order valence-corrected chi connectivity index (χ0v) is 13.4. The quantitative estimate of drug-likeness (QED) is 0.513. The average molecular weight is 341 g/mol. The molecule has 20 heavy (non-hydrogen) atoms. The second-order valence-electron chi connectivity index (χ2n) is 4.62. The summed E-state index contributed by atoms with van der Waals surface area (Å²) >= 11 is 3.39. The molecule has 0 aliphatic heterocycles. The fourth-order valence-electron chi connectivity index (χ4n) is 1.80. The van der Waals surface area contributed by atoms with Crippen LogP contribution in [0.3, 0.4) is 0 Å². The van der Waals surface area contributed by atoms with E-state index in [1.807, 2.05) is 18.2 Å². The number of benzene rings is 1. The Morgan fingerprint density at radius 1 is 1.30 bits per heavy atom. The van der Waals surface area contributed by atoms with Crippen LogP contribution in [0.5, 0.6) is 5.75 Å². The van der Waals surface area contributed by atoms with Crippen LogP contribution in [0.25, 0.3) is 6.08 Å². The van der Waals surface area contributed by atoms with E-state index in [4.69, 9.17) is 9.84 Å². The molecule has 1 rings (SSSR count). The third kappa shape index (κ3) is 6.75. The van der Waals surface area contributed by atoms with Gasteiger partial charge >= 0.3 is 5.97 Å². The van der Waals surface area contributed by atoms with Crippen LogP contribution in [0.2, 0.25) is 0 Å². The van der Waals surface area contributed by atoms with Crippen molar-refractivity contribution in [2.24, 2.45) is 0 Å². The van der Waals surface area contributed by atoms with E-state index >= 15 is 0 Å². The number of unbranched alkanes of at least 4 members (excludes halogenated alkanes) is 4. The number of carboxylic acid groups (broad SMARTS) is 1. The minimum Gasteiger partial charge on any atom is -0.494 e. The highest BCUT2D eigenvalue weighted by atomic mass is 79.9. The molecule has 0 amide bonds. The highest BCUT2D eigenvalue weighted by Gasteiger charge is 2.01. The molecule has 0 aliphatic carbocycles. The van der Waals surface area contributed by atoms with E-state index in [0.29, 0.717) is 6.61 Å². The third-order valence-corrected chi connectivity index (χ3v) is 3.61. The molecule has 0 radical (unpaired) electrons. The van der Waals surface area contributed by atoms with Crippen LogP contribution in [0.1, 0.15) is 44.6 Å². The second kappa shape index (κ2) is 9.59. The van der Waals surface area contributed by atoms with Gasteiger partial charge in [-0.3, -0.25) is 0 Å². The molecule has 0 atom stereocenters. The van der Waals surface area contributed by atoms with Gasteiger partial charge in [-0.1, -0.05) is 48.5 Å². The first-order chi connectivity index (χ1) is 9.63. The Morgan fingerprint density at radius 2 is 2.05 bits per heavy atom. The minimum atomic E-state index is -0.959. The first kappa shape index (κ1) is 16.8. The summed E-state index contributed by atoms with van der Waals surface area (Å²) in [6.45, 7) is 2.90. The Balaban J connectivity index is 2.46. The maximum absolute atomic E-state index is 10.5. The van der Waals surface area contributed by atoms with E-state index in [9.17, 15) is 4.79 Å². The van der Waals surface area contributed by atoms with Gasteiger partial charge in [0.25, 0.3) is 0 Å². The molecule has 1 aromatic carbocycles. The highest BCUT2D eigenvalue weighted by Crippen LogP contribution is 2.24. The molecule has 0 saturated carbocycles. The van der Waals surface area contributed by atoms with E-state index in [1.54, 1.807) is 6.08 Å². The summed E-state index contributed by atoms with van der Waals surface area (Å²) in [6.07, 6.45) is 8.70. The van der Waals surface area contributed by atoms with Gasteiger partial charge in [-0.05, 0) is 36.3 Å². The van der Waals surface area contributed by atoms with E-state index < -0.39 is 5.97 Å². The topological polar surface area (TPSA) is 46.5 Å². The van der Waals surface area contributed by atoms with Crippen LogP contribution >= 0.6 is 15.9 Å². The largest absolute Gasteiger partial charge is 0.494 e. The molecule has 0 unspecified atom stereocenters. The lowest BCUT2D eigenvalue weighted by Crippen LogP contribution is -1.97. The highest BCUT2D eigenvalue weighted by molar-refractivity contribution is 9.10. The summed E-state index contributed by atoms with van der Waals surface area (Å²) in [5.41, 5.74) is 0.802. The van der Waals surface area contributed by atoms with Crippen molar-refractivity contribution in [1.82, 2.24) is 0 Å². The number of carbonyl (C=O) groups is 1. The number of rotatable bonds is 9. The number of hydrogen-bond acceptors (Lipinski definition) is 2. The second-order valence-corrected chi connectivity index (χ2v) is 5.47. The van der Waals surface area contributed by atoms with Gasteiger partial charge in [0.15, 0.2) is 0 Å². The third-order valence-electron chi connectivity index (χ3n) is 2.89. The standard InChI is InChI=1S/C16H21BrO3/c1-2-3-4-5-6-11-20-14-8-9-15(17)13(12-14)7-10-16(18)19/h7-10,12H,2-6,11H2,1H3,(H,18,19)/b10-7+. The van der Waals surface area contributed by atoms with Crippen molar-refractivity contribution in [2.75, 3.05) is 6.61 Å². The molecule has 1 aromatic rings. The lowest BCUT2D eigenvalue weighted by atomic mass is 10.1. The Hall–Kier alpha value is -1.29. The maximum atomic E-state index is 10.5. The van der Waals surface area contributed by atoms with Gasteiger partial charge in [-0.25, -0.2) is 4.79 Å². The summed E-state index contributed by atoms with van der Waals surface area (Å²) in [7, 11) is 0. The van der Waals surface area contributed by atoms with Crippen LogP contribution in [0.15, 0.2) is 28.7 Å². The average Bonchev–Trinajstić information content (AvgIpc) is 2.42. The van der Waals surface area contributed by atoms with Crippen molar-refractivity contribution in [1.29, 1.82) is 0 Å². The molecule has 0 aromatic heterocycles. The van der Waals surface area contributed by atoms with E-state index in [-0.39, 0.29) is 0 Å². The molecule has 0 heterocycles. The first-order valence-electron chi connectivity index (χ1n) is 6.97. The Labute approximate surface area is 128 Å². The summed E-state index contributed by atoms with van der Waals surface area (Å²) in [6, 6.07) is 5.59. The van der Waals surface area contributed by atoms with E-state index in [0.717, 1.165) is 28.3 Å². The van der Waals surface area contributed by atoms with Crippen molar-refractivity contribution in [3.05, 3.63) is 34.3 Å². The SMILES string of the molecule is CCCCCCCOc1ccc(Br)c(/C=C/C(=O)O)c1. The first-order valence-corrected chi connectivity index (χ1v) is 7.76. The lowest BCUT2D eigenvalue weighted by Gasteiger charge is -2.08. The van der Waals surface area contributed by atoms with Crippen LogP contribution in [0.4, 0.5) is 0 Å². The minimum absolute atomic E-state index is 0.702. The number of halogens is 1. The van der Waals surface area contributed by atoms with Crippen molar-refractivity contribution in [2.45, 2.75) is 39.0 Å². The maximum Gasteiger partial charge on any atom is 0.328 e. The van der Waals surface area contributed by atoms with Crippen LogP contribution in [0, 0.1) is 0 Å². The molecule has 0 saturated heterocycles. The Kier molecular flexibility index (Phi) is 8.04. The van der Waals surface area contributed by atoms with Crippen LogP contribution < -0.4 is 4.74 Å². The molecule has 0 bridgehead atoms. The van der Waals surface area contributed by atoms with Gasteiger partial charge in [0.2, 0.25) is 0 Å². The number of hydrogen-bond donors (Lipinski definition) is 1. The molecule has 0 fully saturated rings. The van der Waals surface area contributed by atoms with Crippen molar-refractivity contribution >= 4 is 28.0 Å². The summed E-state index contributed by atoms with van der Waals surface area (Å²) in [5.74, 6) is -0.187. The fourth-order valence-corrected chi connectivity index (χ4v) is 2.17. The Bertz CT molecular complexity index is 455. The predicted molar refractivity (Wildman–Crippen MR) is 85.1 cm³/mol. The van der Waals surface area contributed by atoms with Gasteiger partial charge in [-0.15, -0.1) is 0 Å². The smallest absolute Gasteiger partial charge is 0.328 e. The lowest BCUT2D eigenvalue weighted by molar-refractivity contribution is -0.131. The zero-order chi connectivity index (χ0) is 14.8. The predicted octanol–water partition coefficient (Wildman–Crippen LogP) is 4.90. The molecule has 4 heteroatoms. The van der Waals surface area contributed by atoms with Crippen molar-refractivity contribution in [3.63, 3.8) is 0 Å². The molecule has 0 aliphatic rings. The monoisotopic (exact) mass is 340 g/mol. The number of carboxylic acids is 1. The van der Waals surface area contributed by atoms with Crippen LogP contribution in [-0.2, 0) is 4.79 Å². The van der Waals surface area contributed by atoms with E-state index in [1.165, 1.54) is 25.7 Å². The van der Waals surface area contributed by atoms with Gasteiger partial charge in [0.05, 0.1) is 6.61 Å². The van der Waals surface area contributed by atoms with Gasteiger partial charge < -0.3 is 9.84 Å². The molecular weight excluding hydrogens is 320 g/mol. The van der Waals surface area contributed by atoms with E-state index in [2.05, 4.69) is 22.9 Å². The Morgan fingerprint density at radius 3 is 2.75 bits per heavy atom. The molecular formula is C16H21BrO3. The molecule has 3 nitrogen and oxygen atoms in total. The number of ether oxygens (including phenoxy) is 1. The van der Waals surface area contributed by atoms with Gasteiger partial charge in [-0.2, -0.15) is 0 Å². The number of aliphatic carboxylic acids is 1. The molecule has 1 N–H and O–H groups in total. The summed E-state index contributed by atoms with van der Waals surface area (Å²) < 4.78 is 6.54. The van der Waals surface area contributed by atoms with Gasteiger partial charge in [0.1, 0.15) is 5.75 Å².